The van der Waals surface area contributed by atoms with Gasteiger partial charge in [-0.05, 0) is 0 Å². The second-order valence-corrected chi connectivity index (χ2v) is 3.55. The minimum absolute atomic E-state index is 0. The third kappa shape index (κ3) is 6.62. The van der Waals surface area contributed by atoms with Crippen LogP contribution in [0.15, 0.2) is 42.5 Å². The molecule has 0 aromatic heterocycles. The van der Waals surface area contributed by atoms with Crippen LogP contribution in [0.4, 0.5) is 5.69 Å². The third-order valence-electron chi connectivity index (χ3n) is 2.01. The molecule has 0 fully saturated rings. The molecule has 0 aliphatic heterocycles. The molecule has 2 aromatic rings. The molecule has 0 heterocycles. The molecule has 0 N–H and O–H groups in total. The molecule has 91 valence electrons. The minimum Gasteiger partial charge on any atom is -0.260 e. The van der Waals surface area contributed by atoms with Crippen molar-refractivity contribution >= 4 is 5.69 Å². The predicted molar refractivity (Wildman–Crippen MR) is 66.7 cm³/mol. The number of aryl methyl sites for hydroxylation is 2. The first kappa shape index (κ1) is 16.9. The molecule has 2 rings (SSSR count). The van der Waals surface area contributed by atoms with E-state index in [0.717, 1.165) is 0 Å². The first-order valence-electron chi connectivity index (χ1n) is 5.15. The maximum atomic E-state index is 9.98. The van der Waals surface area contributed by atoms with Crippen LogP contribution in [0.2, 0.25) is 0 Å². The quantitative estimate of drug-likeness (QED) is 0.459. The molecule has 4 heteroatoms. The molecular weight excluding hydrogens is 303 g/mol. The topological polar surface area (TPSA) is 43.1 Å². The molecule has 0 aliphatic carbocycles. The standard InChI is InChI=1S/C8H9.C6H4NO2.Y/c1-7-3-5-8(2)6-4-7;8-7(9)6-4-2-1-3-5-6;/h3-5H,1-2H3;1-4H;/q2*-1;. The maximum absolute atomic E-state index is 9.98. The van der Waals surface area contributed by atoms with Crippen molar-refractivity contribution in [1.29, 1.82) is 0 Å². The average Bonchev–Trinajstić information content (AvgIpc) is 2.35. The van der Waals surface area contributed by atoms with Crippen LogP contribution in [0, 0.1) is 36.1 Å². The van der Waals surface area contributed by atoms with E-state index in [4.69, 9.17) is 0 Å². The van der Waals surface area contributed by atoms with E-state index in [0.29, 0.717) is 0 Å². The Balaban J connectivity index is 0.000000306. The van der Waals surface area contributed by atoms with Crippen molar-refractivity contribution in [1.82, 2.24) is 0 Å². The fourth-order valence-corrected chi connectivity index (χ4v) is 1.08. The van der Waals surface area contributed by atoms with Gasteiger partial charge in [0, 0.05) is 37.6 Å². The summed E-state index contributed by atoms with van der Waals surface area (Å²) in [5.41, 5.74) is 2.49. The molecule has 0 saturated carbocycles. The van der Waals surface area contributed by atoms with E-state index < -0.39 is 4.92 Å². The number of rotatable bonds is 1. The van der Waals surface area contributed by atoms with E-state index in [2.05, 4.69) is 31.2 Å². The molecule has 0 amide bonds. The van der Waals surface area contributed by atoms with Gasteiger partial charge in [0.15, 0.2) is 5.69 Å². The molecule has 0 unspecified atom stereocenters. The molecule has 18 heavy (non-hydrogen) atoms. The van der Waals surface area contributed by atoms with Crippen molar-refractivity contribution in [2.45, 2.75) is 13.8 Å². The van der Waals surface area contributed by atoms with Gasteiger partial charge in [-0.1, -0.05) is 19.9 Å². The van der Waals surface area contributed by atoms with Gasteiger partial charge in [0.05, 0.1) is 0 Å². The molecule has 3 nitrogen and oxygen atoms in total. The van der Waals surface area contributed by atoms with Gasteiger partial charge in [-0.15, -0.1) is 6.07 Å². The van der Waals surface area contributed by atoms with Crippen LogP contribution in [0.25, 0.3) is 0 Å². The molecule has 0 aliphatic rings. The van der Waals surface area contributed by atoms with Crippen molar-refractivity contribution in [3.8, 4) is 0 Å². The van der Waals surface area contributed by atoms with Gasteiger partial charge in [-0.2, -0.15) is 53.6 Å². The number of benzene rings is 2. The Hall–Kier alpha value is -1.06. The largest absolute Gasteiger partial charge is 0.260 e. The number of nitrogens with zero attached hydrogens (tertiary/aromatic N) is 1. The predicted octanol–water partition coefficient (Wildman–Crippen LogP) is 3.50. The zero-order chi connectivity index (χ0) is 12.7. The summed E-state index contributed by atoms with van der Waals surface area (Å²) in [6.45, 7) is 4.11. The number of nitro benzene ring substituents is 1. The number of hydrogen-bond acceptors (Lipinski definition) is 2. The van der Waals surface area contributed by atoms with Crippen LogP contribution >= 0.6 is 0 Å². The summed E-state index contributed by atoms with van der Waals surface area (Å²) >= 11 is 0. The van der Waals surface area contributed by atoms with E-state index in [9.17, 15) is 10.1 Å². The molecule has 0 saturated heterocycles. The fraction of sp³-hybridized carbons (Fsp3) is 0.143. The van der Waals surface area contributed by atoms with Gasteiger partial charge < -0.3 is 0 Å². The zero-order valence-electron chi connectivity index (χ0n) is 10.4. The molecular formula is C14H13NO2Y-2. The Morgan fingerprint density at radius 2 is 1.83 bits per heavy atom. The Labute approximate surface area is 132 Å². The monoisotopic (exact) mass is 316 g/mol. The van der Waals surface area contributed by atoms with Crippen molar-refractivity contribution in [3.63, 3.8) is 0 Å². The maximum Gasteiger partial charge on any atom is 0.162 e. The van der Waals surface area contributed by atoms with Crippen molar-refractivity contribution in [2.75, 3.05) is 0 Å². The summed E-state index contributed by atoms with van der Waals surface area (Å²) in [7, 11) is 0. The Morgan fingerprint density at radius 1 is 1.11 bits per heavy atom. The Morgan fingerprint density at radius 3 is 2.17 bits per heavy atom. The smallest absolute Gasteiger partial charge is 0.162 e. The fourth-order valence-electron chi connectivity index (χ4n) is 1.08. The van der Waals surface area contributed by atoms with Crippen molar-refractivity contribution in [3.05, 3.63) is 75.8 Å². The van der Waals surface area contributed by atoms with Crippen LogP contribution in [-0.2, 0) is 32.7 Å². The number of non-ortho nitro benzene ring substituents is 1. The van der Waals surface area contributed by atoms with Crippen molar-refractivity contribution in [2.24, 2.45) is 0 Å². The second kappa shape index (κ2) is 8.95. The van der Waals surface area contributed by atoms with E-state index in [1.54, 1.807) is 12.1 Å². The summed E-state index contributed by atoms with van der Waals surface area (Å²) < 4.78 is 0. The molecule has 0 bridgehead atoms. The number of hydrogen-bond donors (Lipinski definition) is 0. The van der Waals surface area contributed by atoms with E-state index >= 15 is 0 Å². The summed E-state index contributed by atoms with van der Waals surface area (Å²) in [5.74, 6) is 0. The van der Waals surface area contributed by atoms with Crippen LogP contribution in [0.5, 0.6) is 0 Å². The van der Waals surface area contributed by atoms with Crippen LogP contribution < -0.4 is 0 Å². The number of para-hydroxylation sites is 1. The molecule has 1 radical (unpaired) electrons. The molecule has 0 spiro atoms. The Bertz CT molecular complexity index is 448. The molecule has 2 aromatic carbocycles. The zero-order valence-corrected chi connectivity index (χ0v) is 13.2. The number of nitro groups is 1. The summed E-state index contributed by atoms with van der Waals surface area (Å²) in [6.07, 6.45) is 0. The normalized spacial score (nSPS) is 8.56. The first-order valence-corrected chi connectivity index (χ1v) is 5.15. The van der Waals surface area contributed by atoms with Crippen molar-refractivity contribution < 1.29 is 37.6 Å². The summed E-state index contributed by atoms with van der Waals surface area (Å²) in [5, 5.41) is 9.98. The van der Waals surface area contributed by atoms with Gasteiger partial charge >= 0.3 is 0 Å². The SMILES string of the molecule is Cc1[c-]cc(C)cc1.O=[N+]([O-])c1[c-]cccc1.[Y]. The third-order valence-corrected chi connectivity index (χ3v) is 2.01. The van der Waals surface area contributed by atoms with E-state index in [1.165, 1.54) is 23.3 Å². The van der Waals surface area contributed by atoms with Gasteiger partial charge in [0.1, 0.15) is 0 Å². The summed E-state index contributed by atoms with van der Waals surface area (Å²) in [6, 6.07) is 17.9. The van der Waals surface area contributed by atoms with Crippen LogP contribution in [0.1, 0.15) is 11.1 Å². The Kier molecular flexibility index (Phi) is 8.43. The first-order chi connectivity index (χ1) is 8.09. The van der Waals surface area contributed by atoms with E-state index in [1.807, 2.05) is 13.0 Å². The van der Waals surface area contributed by atoms with Gasteiger partial charge in [-0.3, -0.25) is 10.1 Å². The van der Waals surface area contributed by atoms with Crippen LogP contribution in [-0.4, -0.2) is 4.92 Å². The van der Waals surface area contributed by atoms with Gasteiger partial charge in [0.2, 0.25) is 0 Å². The van der Waals surface area contributed by atoms with Gasteiger partial charge in [0.25, 0.3) is 0 Å². The average molecular weight is 316 g/mol. The minimum atomic E-state index is -0.472. The second-order valence-electron chi connectivity index (χ2n) is 3.55. The van der Waals surface area contributed by atoms with Crippen LogP contribution in [0.3, 0.4) is 0 Å². The molecule has 0 atom stereocenters. The van der Waals surface area contributed by atoms with E-state index in [-0.39, 0.29) is 38.4 Å². The summed E-state index contributed by atoms with van der Waals surface area (Å²) in [4.78, 5) is 9.50. The van der Waals surface area contributed by atoms with Gasteiger partial charge in [-0.25, -0.2) is 0 Å².